The van der Waals surface area contributed by atoms with Gasteiger partial charge < -0.3 is 4.90 Å². The summed E-state index contributed by atoms with van der Waals surface area (Å²) in [5.74, 6) is 8.87. The summed E-state index contributed by atoms with van der Waals surface area (Å²) < 4.78 is 0. The molecule has 0 spiro atoms. The van der Waals surface area contributed by atoms with Gasteiger partial charge in [0.05, 0.1) is 5.69 Å². The van der Waals surface area contributed by atoms with E-state index in [4.69, 9.17) is 11.4 Å². The van der Waals surface area contributed by atoms with E-state index in [9.17, 15) is 0 Å². The molecule has 0 amide bonds. The molecule has 1 aliphatic carbocycles. The third-order valence-electron chi connectivity index (χ3n) is 7.97. The lowest BCUT2D eigenvalue weighted by molar-refractivity contribution is 0.588. The van der Waals surface area contributed by atoms with Crippen molar-refractivity contribution in [3.8, 4) is 34.2 Å². The first-order chi connectivity index (χ1) is 21.2. The first-order valence-electron chi connectivity index (χ1n) is 15.4. The number of rotatable bonds is 9. The number of aromatic nitrogens is 1. The van der Waals surface area contributed by atoms with Crippen molar-refractivity contribution in [1.29, 1.82) is 0 Å². The van der Waals surface area contributed by atoms with Crippen LogP contribution in [0, 0.1) is 36.0 Å². The van der Waals surface area contributed by atoms with E-state index < -0.39 is 0 Å². The molecule has 44 heavy (non-hydrogen) atoms. The maximum Gasteiger partial charge on any atom is 0.124 e. The van der Waals surface area contributed by atoms with Crippen molar-refractivity contribution in [3.05, 3.63) is 119 Å². The Bertz CT molecular complexity index is 1590. The van der Waals surface area contributed by atoms with Gasteiger partial charge in [0.25, 0.3) is 0 Å². The van der Waals surface area contributed by atoms with E-state index in [1.54, 1.807) is 17.4 Å². The molecule has 1 saturated heterocycles. The Balaban J connectivity index is 0.000000289. The summed E-state index contributed by atoms with van der Waals surface area (Å²) in [6, 6.07) is 19.3. The molecular weight excluding hydrogens is 573 g/mol. The average Bonchev–Trinajstić information content (AvgIpc) is 3.68. The number of hydrogen-bond acceptors (Lipinski definition) is 3. The Morgan fingerprint density at radius 3 is 2.41 bits per heavy atom. The number of anilines is 1. The molecule has 3 aromatic rings. The van der Waals surface area contributed by atoms with Crippen LogP contribution in [0.25, 0.3) is 21.8 Å². The van der Waals surface area contributed by atoms with Gasteiger partial charge in [-0.3, -0.25) is 0 Å². The molecular formula is C40H46N2S2. The standard InChI is InChI=1S/C28H28N2S.C12H18S/c1-19(2)20(3)23-9-10-24-16-30(17-25(24)15-23)26-13-11-21(12-14-26)27-18-31-28(29-27)22-7-5-4-6-8-22;1-6-8-12(13(4)5)10-7-9-11(2)3/h4-15,18-19,24-25H,3,16-17H2,1-2H3;1,7-8,10-11H,4,9H2,2-3,5H3/b;10-7-,12-8+. The Morgan fingerprint density at radius 1 is 1.07 bits per heavy atom. The van der Waals surface area contributed by atoms with Crippen LogP contribution in [0.2, 0.25) is 0 Å². The first-order valence-corrected chi connectivity index (χ1v) is 18.1. The smallest absolute Gasteiger partial charge is 0.124 e. The van der Waals surface area contributed by atoms with Crippen molar-refractivity contribution >= 4 is 33.4 Å². The highest BCUT2D eigenvalue weighted by molar-refractivity contribution is 8.17. The summed E-state index contributed by atoms with van der Waals surface area (Å²) in [6.07, 6.45) is 21.6. The molecule has 4 heteroatoms. The van der Waals surface area contributed by atoms with Gasteiger partial charge in [-0.05, 0) is 47.8 Å². The zero-order valence-corrected chi connectivity index (χ0v) is 28.5. The number of fused-ring (bicyclic) bond motifs is 1. The number of hydrogen-bond donors (Lipinski definition) is 0. The van der Waals surface area contributed by atoms with Crippen LogP contribution in [0.5, 0.6) is 0 Å². The van der Waals surface area contributed by atoms with Crippen molar-refractivity contribution in [2.45, 2.75) is 34.1 Å². The van der Waals surface area contributed by atoms with Crippen LogP contribution in [0.15, 0.2) is 119 Å². The zero-order chi connectivity index (χ0) is 31.6. The van der Waals surface area contributed by atoms with Gasteiger partial charge in [-0.2, -0.15) is 10.5 Å². The van der Waals surface area contributed by atoms with Crippen molar-refractivity contribution in [3.63, 3.8) is 0 Å². The van der Waals surface area contributed by atoms with E-state index in [1.165, 1.54) is 28.0 Å². The molecule has 0 bridgehead atoms. The van der Waals surface area contributed by atoms with Gasteiger partial charge in [0.15, 0.2) is 0 Å². The fraction of sp³-hybridized carbons (Fsp3) is 0.300. The van der Waals surface area contributed by atoms with Crippen LogP contribution in [0.4, 0.5) is 5.69 Å². The molecule has 1 aromatic heterocycles. The molecule has 0 saturated carbocycles. The minimum Gasteiger partial charge on any atom is -0.370 e. The molecule has 2 aromatic carbocycles. The highest BCUT2D eigenvalue weighted by atomic mass is 32.2. The summed E-state index contributed by atoms with van der Waals surface area (Å²) in [5.41, 5.74) is 7.27. The summed E-state index contributed by atoms with van der Waals surface area (Å²) in [7, 11) is 0.0139. The van der Waals surface area contributed by atoms with Crippen LogP contribution < -0.4 is 4.90 Å². The Hall–Kier alpha value is -3.65. The van der Waals surface area contributed by atoms with E-state index in [0.29, 0.717) is 23.7 Å². The topological polar surface area (TPSA) is 16.1 Å². The second-order valence-electron chi connectivity index (χ2n) is 12.2. The molecule has 2 nitrogen and oxygen atoms in total. The summed E-state index contributed by atoms with van der Waals surface area (Å²) in [4.78, 5) is 8.52. The molecule has 0 N–H and O–H groups in total. The SMILES string of the molecule is C#C/C=C(\C=C/CC(C)C)S(=C)C.C=C(C1=CC2CN(c3ccc(-c4csc(-c5ccccc5)n4)cc3)CC2C=C1)C(C)C. The summed E-state index contributed by atoms with van der Waals surface area (Å²) in [5, 5.41) is 3.22. The monoisotopic (exact) mass is 618 g/mol. The third-order valence-corrected chi connectivity index (χ3v) is 9.92. The van der Waals surface area contributed by atoms with Gasteiger partial charge in [0.2, 0.25) is 0 Å². The quantitative estimate of drug-likeness (QED) is 0.135. The lowest BCUT2D eigenvalue weighted by Crippen LogP contribution is -2.19. The highest BCUT2D eigenvalue weighted by Crippen LogP contribution is 2.37. The molecule has 0 radical (unpaired) electrons. The van der Waals surface area contributed by atoms with Crippen molar-refractivity contribution < 1.29 is 0 Å². The van der Waals surface area contributed by atoms with Crippen LogP contribution in [-0.4, -0.2) is 30.2 Å². The number of terminal acetylenes is 1. The summed E-state index contributed by atoms with van der Waals surface area (Å²) in [6.45, 7) is 15.3. The molecule has 228 valence electrons. The van der Waals surface area contributed by atoms with Crippen LogP contribution in [0.3, 0.4) is 0 Å². The Kier molecular flexibility index (Phi) is 12.0. The number of nitrogens with zero attached hydrogens (tertiary/aromatic N) is 2. The van der Waals surface area contributed by atoms with Gasteiger partial charge in [-0.1, -0.05) is 119 Å². The molecule has 3 unspecified atom stereocenters. The first kappa shape index (κ1) is 33.2. The Morgan fingerprint density at radius 2 is 1.77 bits per heavy atom. The van der Waals surface area contributed by atoms with Gasteiger partial charge >= 0.3 is 0 Å². The molecule has 2 aliphatic rings. The molecule has 1 fully saturated rings. The lowest BCUT2D eigenvalue weighted by atomic mass is 9.84. The van der Waals surface area contributed by atoms with Crippen molar-refractivity contribution in [1.82, 2.24) is 4.98 Å². The van der Waals surface area contributed by atoms with E-state index in [1.807, 2.05) is 6.07 Å². The van der Waals surface area contributed by atoms with E-state index in [0.717, 1.165) is 35.1 Å². The minimum atomic E-state index is 0.0139. The third kappa shape index (κ3) is 8.94. The van der Waals surface area contributed by atoms with Crippen molar-refractivity contribution in [2.75, 3.05) is 24.2 Å². The second kappa shape index (κ2) is 15.9. The summed E-state index contributed by atoms with van der Waals surface area (Å²) >= 11 is 1.70. The van der Waals surface area contributed by atoms with E-state index in [-0.39, 0.29) is 10.5 Å². The zero-order valence-electron chi connectivity index (χ0n) is 26.9. The molecule has 2 heterocycles. The predicted octanol–water partition coefficient (Wildman–Crippen LogP) is 10.7. The van der Waals surface area contributed by atoms with Gasteiger partial charge in [0.1, 0.15) is 5.01 Å². The number of benzene rings is 2. The minimum absolute atomic E-state index is 0.0139. The van der Waals surface area contributed by atoms with Crippen LogP contribution >= 0.6 is 21.8 Å². The Labute approximate surface area is 272 Å². The molecule has 1 aliphatic heterocycles. The van der Waals surface area contributed by atoms with E-state index >= 15 is 0 Å². The lowest BCUT2D eigenvalue weighted by Gasteiger charge is -2.20. The van der Waals surface area contributed by atoms with Crippen LogP contribution in [0.1, 0.15) is 34.1 Å². The maximum absolute atomic E-state index is 5.22. The second-order valence-corrected chi connectivity index (χ2v) is 14.8. The average molecular weight is 619 g/mol. The van der Waals surface area contributed by atoms with Crippen LogP contribution in [-0.2, 0) is 0 Å². The molecule has 3 atom stereocenters. The fourth-order valence-corrected chi connectivity index (χ4v) is 6.70. The van der Waals surface area contributed by atoms with Gasteiger partial charge in [0, 0.05) is 58.1 Å². The van der Waals surface area contributed by atoms with E-state index in [2.05, 4.69) is 142 Å². The number of allylic oxidation sites excluding steroid dienone is 6. The largest absolute Gasteiger partial charge is 0.370 e. The highest BCUT2D eigenvalue weighted by Gasteiger charge is 2.32. The van der Waals surface area contributed by atoms with Crippen molar-refractivity contribution in [2.24, 2.45) is 23.7 Å². The fourth-order valence-electron chi connectivity index (χ4n) is 5.27. The number of thiazole rings is 1. The van der Waals surface area contributed by atoms with Gasteiger partial charge in [-0.15, -0.1) is 17.8 Å². The van der Waals surface area contributed by atoms with Gasteiger partial charge in [-0.25, -0.2) is 4.98 Å². The molecule has 5 rings (SSSR count). The maximum atomic E-state index is 5.22. The normalized spacial score (nSPS) is 18.5. The predicted molar refractivity (Wildman–Crippen MR) is 200 cm³/mol.